The first-order valence-electron chi connectivity index (χ1n) is 10.8. The molecule has 2 amide bonds. The van der Waals surface area contributed by atoms with Gasteiger partial charge in [-0.3, -0.25) is 19.7 Å². The lowest BCUT2D eigenvalue weighted by Crippen LogP contribution is -2.49. The van der Waals surface area contributed by atoms with Crippen molar-refractivity contribution in [3.8, 4) is 0 Å². The molecule has 1 fully saturated rings. The van der Waals surface area contributed by atoms with Gasteiger partial charge in [0.2, 0.25) is 5.91 Å². The molecule has 188 valence electrons. The van der Waals surface area contributed by atoms with Crippen LogP contribution in [0.2, 0.25) is 0 Å². The maximum atomic E-state index is 12.6. The number of nitro benzene ring substituents is 1. The number of carbonyl (C=O) groups excluding carboxylic acids is 2. The fraction of sp³-hybridized carbons (Fsp3) is 0.364. The van der Waals surface area contributed by atoms with Gasteiger partial charge in [-0.15, -0.1) is 0 Å². The number of nitro groups is 1. The summed E-state index contributed by atoms with van der Waals surface area (Å²) in [5.41, 5.74) is -0.282. The van der Waals surface area contributed by atoms with Crippen molar-refractivity contribution in [1.82, 2.24) is 9.62 Å². The monoisotopic (exact) mass is 506 g/mol. The molecular formula is C22H26N4O8S. The van der Waals surface area contributed by atoms with Gasteiger partial charge in [0.1, 0.15) is 12.3 Å². The molecule has 0 spiro atoms. The molecule has 12 nitrogen and oxygen atoms in total. The Hall–Kier alpha value is -3.55. The SMILES string of the molecule is CCOCC(=O)N1CCOC(CNc2ccc(S(=O)(=O)NC(=O)c3ccccc3)cc2[N+](=O)[O-])C1. The molecule has 1 heterocycles. The highest BCUT2D eigenvalue weighted by Gasteiger charge is 2.27. The summed E-state index contributed by atoms with van der Waals surface area (Å²) in [6.45, 7) is 3.35. The lowest BCUT2D eigenvalue weighted by atomic mass is 10.2. The fourth-order valence-corrected chi connectivity index (χ4v) is 4.38. The van der Waals surface area contributed by atoms with E-state index in [1.54, 1.807) is 30.0 Å². The summed E-state index contributed by atoms with van der Waals surface area (Å²) < 4.78 is 38.0. The Morgan fingerprint density at radius 1 is 1.23 bits per heavy atom. The Balaban J connectivity index is 1.69. The predicted molar refractivity (Wildman–Crippen MR) is 125 cm³/mol. The number of hydrogen-bond donors (Lipinski definition) is 2. The molecule has 1 aliphatic heterocycles. The fourth-order valence-electron chi connectivity index (χ4n) is 3.38. The second-order valence-corrected chi connectivity index (χ2v) is 9.27. The summed E-state index contributed by atoms with van der Waals surface area (Å²) in [5.74, 6) is -1.02. The molecule has 13 heteroatoms. The van der Waals surface area contributed by atoms with Crippen LogP contribution >= 0.6 is 0 Å². The molecular weight excluding hydrogens is 480 g/mol. The number of carbonyl (C=O) groups is 2. The van der Waals surface area contributed by atoms with Crippen LogP contribution in [0.25, 0.3) is 0 Å². The van der Waals surface area contributed by atoms with Gasteiger partial charge < -0.3 is 19.7 Å². The second kappa shape index (κ2) is 11.7. The van der Waals surface area contributed by atoms with Crippen LogP contribution in [0, 0.1) is 10.1 Å². The van der Waals surface area contributed by atoms with Crippen molar-refractivity contribution in [3.63, 3.8) is 0 Å². The minimum atomic E-state index is -4.35. The van der Waals surface area contributed by atoms with Crippen LogP contribution in [0.1, 0.15) is 17.3 Å². The highest BCUT2D eigenvalue weighted by atomic mass is 32.2. The molecule has 0 aliphatic carbocycles. The number of nitrogens with zero attached hydrogens (tertiary/aromatic N) is 2. The molecule has 3 rings (SSSR count). The van der Waals surface area contributed by atoms with Crippen molar-refractivity contribution >= 4 is 33.2 Å². The van der Waals surface area contributed by atoms with E-state index in [4.69, 9.17) is 9.47 Å². The van der Waals surface area contributed by atoms with E-state index in [2.05, 4.69) is 5.32 Å². The largest absolute Gasteiger partial charge is 0.377 e. The molecule has 2 aromatic carbocycles. The van der Waals surface area contributed by atoms with Crippen LogP contribution in [-0.4, -0.2) is 75.6 Å². The van der Waals surface area contributed by atoms with E-state index in [9.17, 15) is 28.1 Å². The number of nitrogens with one attached hydrogen (secondary N) is 2. The lowest BCUT2D eigenvalue weighted by molar-refractivity contribution is -0.384. The van der Waals surface area contributed by atoms with Gasteiger partial charge in [0.15, 0.2) is 0 Å². The summed E-state index contributed by atoms with van der Waals surface area (Å²) >= 11 is 0. The number of hydrogen-bond acceptors (Lipinski definition) is 9. The molecule has 1 aliphatic rings. The van der Waals surface area contributed by atoms with Crippen LogP contribution < -0.4 is 10.0 Å². The summed E-state index contributed by atoms with van der Waals surface area (Å²) in [4.78, 5) is 36.5. The number of morpholine rings is 1. The van der Waals surface area contributed by atoms with Crippen molar-refractivity contribution in [3.05, 3.63) is 64.2 Å². The number of anilines is 1. The van der Waals surface area contributed by atoms with Crippen molar-refractivity contribution < 1.29 is 32.4 Å². The van der Waals surface area contributed by atoms with Crippen LogP contribution in [0.4, 0.5) is 11.4 Å². The van der Waals surface area contributed by atoms with E-state index in [0.717, 1.165) is 12.1 Å². The van der Waals surface area contributed by atoms with E-state index >= 15 is 0 Å². The first kappa shape index (κ1) is 26.1. The topological polar surface area (TPSA) is 157 Å². The first-order valence-corrected chi connectivity index (χ1v) is 12.3. The van der Waals surface area contributed by atoms with E-state index < -0.39 is 37.5 Å². The quantitative estimate of drug-likeness (QED) is 0.359. The Labute approximate surface area is 202 Å². The average Bonchev–Trinajstić information content (AvgIpc) is 2.86. The molecule has 2 aromatic rings. The minimum absolute atomic E-state index is 0.0289. The zero-order valence-electron chi connectivity index (χ0n) is 19.0. The molecule has 1 atom stereocenters. The third-order valence-electron chi connectivity index (χ3n) is 5.18. The Kier molecular flexibility index (Phi) is 8.73. The highest BCUT2D eigenvalue weighted by molar-refractivity contribution is 7.90. The molecule has 0 aromatic heterocycles. The maximum Gasteiger partial charge on any atom is 0.293 e. The number of sulfonamides is 1. The summed E-state index contributed by atoms with van der Waals surface area (Å²) in [6, 6.07) is 11.0. The van der Waals surface area contributed by atoms with Crippen LogP contribution in [0.3, 0.4) is 0 Å². The normalized spacial score (nSPS) is 15.9. The van der Waals surface area contributed by atoms with E-state index in [0.29, 0.717) is 19.8 Å². The van der Waals surface area contributed by atoms with Crippen LogP contribution in [-0.2, 0) is 24.3 Å². The third-order valence-corrected chi connectivity index (χ3v) is 6.51. The lowest BCUT2D eigenvalue weighted by Gasteiger charge is -2.33. The Morgan fingerprint density at radius 3 is 2.66 bits per heavy atom. The summed E-state index contributed by atoms with van der Waals surface area (Å²) in [6.07, 6.45) is -0.428. The second-order valence-electron chi connectivity index (χ2n) is 7.59. The first-order chi connectivity index (χ1) is 16.7. The average molecular weight is 507 g/mol. The molecule has 0 saturated carbocycles. The molecule has 0 bridgehead atoms. The highest BCUT2D eigenvalue weighted by Crippen LogP contribution is 2.28. The van der Waals surface area contributed by atoms with Crippen LogP contribution in [0.5, 0.6) is 0 Å². The molecule has 2 N–H and O–H groups in total. The summed E-state index contributed by atoms with van der Waals surface area (Å²) in [5, 5.41) is 14.5. The van der Waals surface area contributed by atoms with Gasteiger partial charge >= 0.3 is 0 Å². The van der Waals surface area contributed by atoms with E-state index in [1.807, 2.05) is 4.72 Å². The van der Waals surface area contributed by atoms with Crippen LogP contribution in [0.15, 0.2) is 53.4 Å². The van der Waals surface area contributed by atoms with Crippen molar-refractivity contribution in [2.75, 3.05) is 44.8 Å². The Bertz CT molecular complexity index is 1170. The standard InChI is InChI=1S/C22H26N4O8S/c1-2-33-15-21(27)25-10-11-34-17(14-25)13-23-19-9-8-18(12-20(19)26(29)30)35(31,32)24-22(28)16-6-4-3-5-7-16/h3-9,12,17,23H,2,10-11,13-15H2,1H3,(H,24,28). The summed E-state index contributed by atoms with van der Waals surface area (Å²) in [7, 11) is -4.35. The number of ether oxygens (including phenoxy) is 2. The molecule has 1 saturated heterocycles. The number of benzene rings is 2. The molecule has 0 radical (unpaired) electrons. The van der Waals surface area contributed by atoms with Gasteiger partial charge in [-0.2, -0.15) is 0 Å². The third kappa shape index (κ3) is 6.97. The van der Waals surface area contributed by atoms with Gasteiger partial charge in [-0.05, 0) is 31.2 Å². The van der Waals surface area contributed by atoms with Crippen molar-refractivity contribution in [2.45, 2.75) is 17.9 Å². The van der Waals surface area contributed by atoms with E-state index in [1.165, 1.54) is 18.2 Å². The van der Waals surface area contributed by atoms with Gasteiger partial charge in [0.25, 0.3) is 21.6 Å². The zero-order chi connectivity index (χ0) is 25.4. The molecule has 1 unspecified atom stereocenters. The maximum absolute atomic E-state index is 12.6. The van der Waals surface area contributed by atoms with Gasteiger partial charge in [0, 0.05) is 37.9 Å². The smallest absolute Gasteiger partial charge is 0.293 e. The molecule has 35 heavy (non-hydrogen) atoms. The van der Waals surface area contributed by atoms with Gasteiger partial charge in [-0.1, -0.05) is 18.2 Å². The van der Waals surface area contributed by atoms with Crippen molar-refractivity contribution in [1.29, 1.82) is 0 Å². The van der Waals surface area contributed by atoms with Gasteiger partial charge in [0.05, 0.1) is 22.5 Å². The zero-order valence-corrected chi connectivity index (χ0v) is 19.8. The predicted octanol–water partition coefficient (Wildman–Crippen LogP) is 1.39. The minimum Gasteiger partial charge on any atom is -0.377 e. The Morgan fingerprint density at radius 2 is 1.97 bits per heavy atom. The van der Waals surface area contributed by atoms with Gasteiger partial charge in [-0.25, -0.2) is 13.1 Å². The van der Waals surface area contributed by atoms with Crippen molar-refractivity contribution in [2.24, 2.45) is 0 Å². The van der Waals surface area contributed by atoms with E-state index in [-0.39, 0.29) is 36.9 Å². The number of amides is 2. The number of rotatable bonds is 10.